The Hall–Kier alpha value is -1.12. The van der Waals surface area contributed by atoms with Gasteiger partial charge in [0.1, 0.15) is 0 Å². The van der Waals surface area contributed by atoms with Crippen molar-refractivity contribution in [2.24, 2.45) is 5.73 Å². The van der Waals surface area contributed by atoms with Gasteiger partial charge in [0.2, 0.25) is 0 Å². The molecule has 0 amide bonds. The minimum Gasteiger partial charge on any atom is -0.324 e. The average Bonchev–Trinajstić information content (AvgIpc) is 2.72. The quantitative estimate of drug-likeness (QED) is 0.750. The summed E-state index contributed by atoms with van der Waals surface area (Å²) in [6.45, 7) is 2.10. The Labute approximate surface area is 96.5 Å². The largest absolute Gasteiger partial charge is 0.324 e. The van der Waals surface area contributed by atoms with E-state index in [1.54, 1.807) is 0 Å². The lowest BCUT2D eigenvalue weighted by molar-refractivity contribution is 0.713. The van der Waals surface area contributed by atoms with Crippen LogP contribution in [0.15, 0.2) is 24.3 Å². The molecule has 3 rings (SSSR count). The molecule has 0 saturated heterocycles. The smallest absolute Gasteiger partial charge is 0.0300 e. The van der Waals surface area contributed by atoms with Crippen LogP contribution in [0.3, 0.4) is 0 Å². The number of benzene rings is 1. The van der Waals surface area contributed by atoms with Crippen molar-refractivity contribution in [3.63, 3.8) is 0 Å². The molecule has 0 fully saturated rings. The van der Waals surface area contributed by atoms with Crippen LogP contribution in [-0.4, -0.2) is 13.1 Å². The molecule has 3 N–H and O–H groups in total. The predicted octanol–water partition coefficient (Wildman–Crippen LogP) is 2.01. The Morgan fingerprint density at radius 3 is 3.06 bits per heavy atom. The van der Waals surface area contributed by atoms with Crippen LogP contribution in [-0.2, 0) is 6.42 Å². The van der Waals surface area contributed by atoms with E-state index in [0.717, 1.165) is 32.4 Å². The fourth-order valence-electron chi connectivity index (χ4n) is 2.70. The van der Waals surface area contributed by atoms with E-state index in [1.165, 1.54) is 22.3 Å². The first-order chi connectivity index (χ1) is 7.84. The van der Waals surface area contributed by atoms with Crippen LogP contribution < -0.4 is 11.1 Å². The second-order valence-electron chi connectivity index (χ2n) is 4.75. The number of nitrogens with one attached hydrogen (secondary N) is 1. The van der Waals surface area contributed by atoms with Crippen molar-refractivity contribution in [3.05, 3.63) is 41.0 Å². The van der Waals surface area contributed by atoms with Crippen molar-refractivity contribution in [1.82, 2.24) is 5.32 Å². The van der Waals surface area contributed by atoms with Crippen LogP contribution in [0.2, 0.25) is 0 Å². The van der Waals surface area contributed by atoms with Gasteiger partial charge in [-0.3, -0.25) is 0 Å². The third kappa shape index (κ3) is 1.68. The fourth-order valence-corrected chi connectivity index (χ4v) is 2.70. The van der Waals surface area contributed by atoms with Gasteiger partial charge in [0, 0.05) is 12.6 Å². The summed E-state index contributed by atoms with van der Waals surface area (Å²) >= 11 is 0. The summed E-state index contributed by atoms with van der Waals surface area (Å²) in [6.07, 6.45) is 5.74. The fraction of sp³-hybridized carbons (Fsp3) is 0.429. The Morgan fingerprint density at radius 2 is 2.25 bits per heavy atom. The number of aryl methyl sites for hydroxylation is 1. The van der Waals surface area contributed by atoms with E-state index < -0.39 is 0 Å². The third-order valence-corrected chi connectivity index (χ3v) is 3.67. The van der Waals surface area contributed by atoms with Crippen LogP contribution >= 0.6 is 0 Å². The molecule has 1 aliphatic carbocycles. The van der Waals surface area contributed by atoms with Gasteiger partial charge < -0.3 is 11.1 Å². The second-order valence-corrected chi connectivity index (χ2v) is 4.75. The lowest BCUT2D eigenvalue weighted by Gasteiger charge is -2.16. The van der Waals surface area contributed by atoms with E-state index in [2.05, 4.69) is 29.6 Å². The number of rotatable bonds is 1. The van der Waals surface area contributed by atoms with Crippen molar-refractivity contribution in [2.45, 2.75) is 25.3 Å². The van der Waals surface area contributed by atoms with Crippen LogP contribution in [0.4, 0.5) is 0 Å². The first-order valence-electron chi connectivity index (χ1n) is 6.13. The molecule has 1 aliphatic heterocycles. The van der Waals surface area contributed by atoms with Gasteiger partial charge in [-0.2, -0.15) is 0 Å². The van der Waals surface area contributed by atoms with E-state index in [1.807, 2.05) is 0 Å². The lowest BCUT2D eigenvalue weighted by Crippen LogP contribution is -2.21. The van der Waals surface area contributed by atoms with Crippen molar-refractivity contribution in [3.8, 4) is 0 Å². The third-order valence-electron chi connectivity index (χ3n) is 3.67. The number of nitrogens with two attached hydrogens (primary N) is 1. The standard InChI is InChI=1S/C14H18N2/c15-14-6-5-10-3-4-11(8-13(10)14)12-2-1-7-16-9-12/h2-4,8,14,16H,1,5-7,9,15H2. The normalized spacial score (nSPS) is 24.1. The van der Waals surface area contributed by atoms with Crippen molar-refractivity contribution in [2.75, 3.05) is 13.1 Å². The average molecular weight is 214 g/mol. The van der Waals surface area contributed by atoms with Gasteiger partial charge in [-0.25, -0.2) is 0 Å². The summed E-state index contributed by atoms with van der Waals surface area (Å²) in [5, 5.41) is 3.41. The summed E-state index contributed by atoms with van der Waals surface area (Å²) in [5.74, 6) is 0. The topological polar surface area (TPSA) is 38.0 Å². The Balaban J connectivity index is 1.97. The number of hydrogen-bond donors (Lipinski definition) is 2. The zero-order chi connectivity index (χ0) is 11.0. The van der Waals surface area contributed by atoms with Crippen molar-refractivity contribution >= 4 is 5.57 Å². The molecule has 0 saturated carbocycles. The molecule has 2 aliphatic rings. The number of fused-ring (bicyclic) bond motifs is 1. The van der Waals surface area contributed by atoms with E-state index in [4.69, 9.17) is 5.73 Å². The molecule has 1 atom stereocenters. The van der Waals surface area contributed by atoms with Gasteiger partial charge in [-0.05, 0) is 54.1 Å². The molecule has 1 heterocycles. The van der Waals surface area contributed by atoms with E-state index in [9.17, 15) is 0 Å². The van der Waals surface area contributed by atoms with Gasteiger partial charge in [-0.15, -0.1) is 0 Å². The van der Waals surface area contributed by atoms with Gasteiger partial charge in [0.05, 0.1) is 0 Å². The highest BCUT2D eigenvalue weighted by molar-refractivity contribution is 5.69. The summed E-state index contributed by atoms with van der Waals surface area (Å²) in [6, 6.07) is 7.06. The first kappa shape index (κ1) is 10.1. The zero-order valence-corrected chi connectivity index (χ0v) is 9.50. The molecule has 1 aromatic rings. The molecule has 0 aromatic heterocycles. The van der Waals surface area contributed by atoms with Gasteiger partial charge in [-0.1, -0.05) is 18.2 Å². The second kappa shape index (κ2) is 4.04. The summed E-state index contributed by atoms with van der Waals surface area (Å²) < 4.78 is 0. The number of hydrogen-bond acceptors (Lipinski definition) is 2. The summed E-state index contributed by atoms with van der Waals surface area (Å²) in [5.41, 5.74) is 11.7. The SMILES string of the molecule is NC1CCc2ccc(C3=CCCNC3)cc21. The predicted molar refractivity (Wildman–Crippen MR) is 67.2 cm³/mol. The lowest BCUT2D eigenvalue weighted by atomic mass is 9.97. The maximum absolute atomic E-state index is 6.11. The highest BCUT2D eigenvalue weighted by Gasteiger charge is 2.19. The Kier molecular flexibility index (Phi) is 2.54. The van der Waals surface area contributed by atoms with Crippen LogP contribution in [0.5, 0.6) is 0 Å². The molecule has 1 unspecified atom stereocenters. The Morgan fingerprint density at radius 1 is 1.31 bits per heavy atom. The van der Waals surface area contributed by atoms with E-state index >= 15 is 0 Å². The van der Waals surface area contributed by atoms with Gasteiger partial charge in [0.25, 0.3) is 0 Å². The molecule has 2 heteroatoms. The molecule has 2 nitrogen and oxygen atoms in total. The molecule has 0 bridgehead atoms. The summed E-state index contributed by atoms with van der Waals surface area (Å²) in [4.78, 5) is 0. The highest BCUT2D eigenvalue weighted by Crippen LogP contribution is 2.31. The van der Waals surface area contributed by atoms with Crippen molar-refractivity contribution < 1.29 is 0 Å². The minimum absolute atomic E-state index is 0.257. The van der Waals surface area contributed by atoms with Gasteiger partial charge >= 0.3 is 0 Å². The molecular formula is C14H18N2. The maximum atomic E-state index is 6.11. The van der Waals surface area contributed by atoms with Crippen LogP contribution in [0.25, 0.3) is 5.57 Å². The Bertz CT molecular complexity index is 434. The van der Waals surface area contributed by atoms with E-state index in [-0.39, 0.29) is 6.04 Å². The van der Waals surface area contributed by atoms with Gasteiger partial charge in [0.15, 0.2) is 0 Å². The van der Waals surface area contributed by atoms with Crippen LogP contribution in [0, 0.1) is 0 Å². The maximum Gasteiger partial charge on any atom is 0.0300 e. The molecule has 0 radical (unpaired) electrons. The molecular weight excluding hydrogens is 196 g/mol. The molecule has 0 spiro atoms. The molecule has 84 valence electrons. The highest BCUT2D eigenvalue weighted by atomic mass is 14.9. The van der Waals surface area contributed by atoms with Crippen LogP contribution in [0.1, 0.15) is 35.6 Å². The monoisotopic (exact) mass is 214 g/mol. The summed E-state index contributed by atoms with van der Waals surface area (Å²) in [7, 11) is 0. The zero-order valence-electron chi connectivity index (χ0n) is 9.50. The van der Waals surface area contributed by atoms with Crippen molar-refractivity contribution in [1.29, 1.82) is 0 Å². The molecule has 1 aromatic carbocycles. The van der Waals surface area contributed by atoms with E-state index in [0.29, 0.717) is 0 Å². The first-order valence-corrected chi connectivity index (χ1v) is 6.13. The minimum atomic E-state index is 0.257. The molecule has 16 heavy (non-hydrogen) atoms.